The molecular formula is C23H34FN5OS. The standard InChI is InChI=1S/C23H34FN5OS/c1-5-25-23(26-13-19-15-31-22(27-19)16(2)3)28-18-8-10-29(11-9-18)14-17-6-7-21(30-4)20(24)12-17/h6-7,12,15-16,18H,5,8-11,13-14H2,1-4H3,(H2,25,26,28). The first-order valence-electron chi connectivity index (χ1n) is 11.0. The van der Waals surface area contributed by atoms with E-state index in [0.29, 0.717) is 24.3 Å². The van der Waals surface area contributed by atoms with Crippen LogP contribution in [0, 0.1) is 5.82 Å². The molecule has 31 heavy (non-hydrogen) atoms. The molecule has 2 heterocycles. The molecule has 2 N–H and O–H groups in total. The van der Waals surface area contributed by atoms with Crippen LogP contribution in [0.2, 0.25) is 0 Å². The van der Waals surface area contributed by atoms with Crippen LogP contribution in [0.25, 0.3) is 0 Å². The Balaban J connectivity index is 1.49. The van der Waals surface area contributed by atoms with E-state index in [2.05, 4.69) is 46.7 Å². The third-order valence-electron chi connectivity index (χ3n) is 5.36. The Kier molecular flexibility index (Phi) is 8.66. The van der Waals surface area contributed by atoms with Crippen molar-refractivity contribution < 1.29 is 9.13 Å². The molecule has 0 spiro atoms. The number of benzene rings is 1. The highest BCUT2D eigenvalue weighted by molar-refractivity contribution is 7.09. The minimum Gasteiger partial charge on any atom is -0.494 e. The van der Waals surface area contributed by atoms with E-state index in [1.54, 1.807) is 23.5 Å². The number of guanidine groups is 1. The van der Waals surface area contributed by atoms with Gasteiger partial charge < -0.3 is 15.4 Å². The fraction of sp³-hybridized carbons (Fsp3) is 0.565. The molecule has 0 bridgehead atoms. The van der Waals surface area contributed by atoms with Crippen LogP contribution < -0.4 is 15.4 Å². The molecule has 1 fully saturated rings. The van der Waals surface area contributed by atoms with Crippen molar-refractivity contribution in [3.8, 4) is 5.75 Å². The molecule has 1 aromatic carbocycles. The van der Waals surface area contributed by atoms with Gasteiger partial charge in [-0.3, -0.25) is 4.90 Å². The molecule has 0 aliphatic carbocycles. The summed E-state index contributed by atoms with van der Waals surface area (Å²) < 4.78 is 18.9. The first-order valence-corrected chi connectivity index (χ1v) is 11.9. The zero-order chi connectivity index (χ0) is 22.2. The fourth-order valence-electron chi connectivity index (χ4n) is 3.64. The number of aromatic nitrogens is 1. The van der Waals surface area contributed by atoms with Gasteiger partial charge in [-0.05, 0) is 37.5 Å². The summed E-state index contributed by atoms with van der Waals surface area (Å²) in [5.41, 5.74) is 2.00. The maximum atomic E-state index is 13.9. The number of hydrogen-bond donors (Lipinski definition) is 2. The summed E-state index contributed by atoms with van der Waals surface area (Å²) in [4.78, 5) is 11.8. The van der Waals surface area contributed by atoms with Crippen LogP contribution in [-0.4, -0.2) is 48.6 Å². The average Bonchev–Trinajstić information content (AvgIpc) is 3.23. The number of ether oxygens (including phenoxy) is 1. The number of halogens is 1. The number of hydrogen-bond acceptors (Lipinski definition) is 5. The van der Waals surface area contributed by atoms with E-state index >= 15 is 0 Å². The molecule has 0 atom stereocenters. The van der Waals surface area contributed by atoms with Crippen molar-refractivity contribution >= 4 is 17.3 Å². The van der Waals surface area contributed by atoms with Gasteiger partial charge in [0.25, 0.3) is 0 Å². The molecular weight excluding hydrogens is 413 g/mol. The molecule has 0 unspecified atom stereocenters. The Morgan fingerprint density at radius 3 is 2.74 bits per heavy atom. The lowest BCUT2D eigenvalue weighted by Gasteiger charge is -2.33. The van der Waals surface area contributed by atoms with Gasteiger partial charge in [0.05, 0.1) is 24.4 Å². The molecule has 3 rings (SSSR count). The normalized spacial score (nSPS) is 16.0. The molecule has 1 aliphatic heterocycles. The van der Waals surface area contributed by atoms with E-state index in [4.69, 9.17) is 9.73 Å². The number of aliphatic imine (C=N–C) groups is 1. The monoisotopic (exact) mass is 447 g/mol. The van der Waals surface area contributed by atoms with E-state index in [-0.39, 0.29) is 5.82 Å². The smallest absolute Gasteiger partial charge is 0.191 e. The third-order valence-corrected chi connectivity index (χ3v) is 6.55. The van der Waals surface area contributed by atoms with Gasteiger partial charge in [-0.1, -0.05) is 19.9 Å². The topological polar surface area (TPSA) is 61.8 Å². The lowest BCUT2D eigenvalue weighted by Crippen LogP contribution is -2.48. The summed E-state index contributed by atoms with van der Waals surface area (Å²) in [7, 11) is 1.49. The zero-order valence-corrected chi connectivity index (χ0v) is 19.8. The number of rotatable bonds is 8. The van der Waals surface area contributed by atoms with Gasteiger partial charge in [0, 0.05) is 43.5 Å². The highest BCUT2D eigenvalue weighted by Gasteiger charge is 2.20. The summed E-state index contributed by atoms with van der Waals surface area (Å²) in [6, 6.07) is 5.58. The highest BCUT2D eigenvalue weighted by Crippen LogP contribution is 2.21. The van der Waals surface area contributed by atoms with Crippen molar-refractivity contribution in [1.29, 1.82) is 0 Å². The lowest BCUT2D eigenvalue weighted by atomic mass is 10.0. The number of piperidine rings is 1. The number of nitrogens with zero attached hydrogens (tertiary/aromatic N) is 3. The minimum absolute atomic E-state index is 0.292. The van der Waals surface area contributed by atoms with Crippen LogP contribution >= 0.6 is 11.3 Å². The molecule has 0 radical (unpaired) electrons. The lowest BCUT2D eigenvalue weighted by molar-refractivity contribution is 0.198. The summed E-state index contributed by atoms with van der Waals surface area (Å²) in [5, 5.41) is 10.2. The predicted octanol–water partition coefficient (Wildman–Crippen LogP) is 4.13. The first kappa shape index (κ1) is 23.5. The number of thiazole rings is 1. The molecule has 1 aromatic heterocycles. The second-order valence-corrected chi connectivity index (χ2v) is 9.08. The average molecular weight is 448 g/mol. The SMILES string of the molecule is CCNC(=NCc1csc(C(C)C)n1)NC1CCN(Cc2ccc(OC)c(F)c2)CC1. The molecule has 2 aromatic rings. The second-order valence-electron chi connectivity index (χ2n) is 8.19. The number of nitrogens with one attached hydrogen (secondary N) is 2. The summed E-state index contributed by atoms with van der Waals surface area (Å²) in [5.74, 6) is 1.29. The van der Waals surface area contributed by atoms with Crippen LogP contribution in [0.4, 0.5) is 4.39 Å². The van der Waals surface area contributed by atoms with Gasteiger partial charge in [0.2, 0.25) is 0 Å². The molecule has 8 heteroatoms. The molecule has 0 amide bonds. The van der Waals surface area contributed by atoms with Crippen molar-refractivity contribution in [1.82, 2.24) is 20.5 Å². The molecule has 170 valence electrons. The van der Waals surface area contributed by atoms with Crippen LogP contribution in [0.1, 0.15) is 55.8 Å². The van der Waals surface area contributed by atoms with Gasteiger partial charge in [0.15, 0.2) is 17.5 Å². The van der Waals surface area contributed by atoms with Gasteiger partial charge in [-0.2, -0.15) is 0 Å². The zero-order valence-electron chi connectivity index (χ0n) is 18.9. The Morgan fingerprint density at radius 1 is 1.35 bits per heavy atom. The van der Waals surface area contributed by atoms with E-state index < -0.39 is 0 Å². The van der Waals surface area contributed by atoms with Crippen molar-refractivity contribution in [3.63, 3.8) is 0 Å². The van der Waals surface area contributed by atoms with Gasteiger partial charge in [0.1, 0.15) is 0 Å². The van der Waals surface area contributed by atoms with Crippen molar-refractivity contribution in [2.24, 2.45) is 4.99 Å². The van der Waals surface area contributed by atoms with Crippen LogP contribution in [-0.2, 0) is 13.1 Å². The maximum absolute atomic E-state index is 13.9. The van der Waals surface area contributed by atoms with Crippen LogP contribution in [0.5, 0.6) is 5.75 Å². The largest absolute Gasteiger partial charge is 0.494 e. The van der Waals surface area contributed by atoms with Crippen molar-refractivity contribution in [3.05, 3.63) is 45.7 Å². The van der Waals surface area contributed by atoms with Gasteiger partial charge >= 0.3 is 0 Å². The molecule has 0 saturated carbocycles. The fourth-order valence-corrected chi connectivity index (χ4v) is 4.46. The molecule has 1 saturated heterocycles. The van der Waals surface area contributed by atoms with E-state index in [1.165, 1.54) is 7.11 Å². The first-order chi connectivity index (χ1) is 15.0. The van der Waals surface area contributed by atoms with E-state index in [0.717, 1.165) is 61.2 Å². The number of likely N-dealkylation sites (tertiary alicyclic amines) is 1. The Morgan fingerprint density at radius 2 is 2.13 bits per heavy atom. The molecule has 1 aliphatic rings. The summed E-state index contributed by atoms with van der Waals surface area (Å²) in [6.45, 7) is 10.5. The van der Waals surface area contributed by atoms with Gasteiger partial charge in [-0.25, -0.2) is 14.4 Å². The Bertz CT molecular complexity index is 861. The van der Waals surface area contributed by atoms with Crippen LogP contribution in [0.15, 0.2) is 28.6 Å². The quantitative estimate of drug-likeness (QED) is 0.471. The van der Waals surface area contributed by atoms with Crippen molar-refractivity contribution in [2.75, 3.05) is 26.7 Å². The predicted molar refractivity (Wildman–Crippen MR) is 125 cm³/mol. The summed E-state index contributed by atoms with van der Waals surface area (Å²) >= 11 is 1.70. The molecule has 6 nitrogen and oxygen atoms in total. The second kappa shape index (κ2) is 11.4. The van der Waals surface area contributed by atoms with Crippen LogP contribution in [0.3, 0.4) is 0 Å². The maximum Gasteiger partial charge on any atom is 0.191 e. The summed E-state index contributed by atoms with van der Waals surface area (Å²) in [6.07, 6.45) is 2.05. The van der Waals surface area contributed by atoms with Gasteiger partial charge in [-0.15, -0.1) is 11.3 Å². The third kappa shape index (κ3) is 6.90. The van der Waals surface area contributed by atoms with Crippen molar-refractivity contribution in [2.45, 2.75) is 58.7 Å². The van der Waals surface area contributed by atoms with E-state index in [1.807, 2.05) is 6.07 Å². The minimum atomic E-state index is -0.302. The highest BCUT2D eigenvalue weighted by atomic mass is 32.1. The van der Waals surface area contributed by atoms with E-state index in [9.17, 15) is 4.39 Å². The Hall–Kier alpha value is -2.19. The Labute approximate surface area is 188 Å². The number of methoxy groups -OCH3 is 1.